The van der Waals surface area contributed by atoms with Crippen molar-refractivity contribution in [2.75, 3.05) is 0 Å². The Labute approximate surface area is 158 Å². The second kappa shape index (κ2) is 9.24. The van der Waals surface area contributed by atoms with Crippen molar-refractivity contribution >= 4 is 0 Å². The molecule has 0 fully saturated rings. The summed E-state index contributed by atoms with van der Waals surface area (Å²) in [5, 5.41) is 0. The van der Waals surface area contributed by atoms with E-state index in [0.717, 1.165) is 11.8 Å². The summed E-state index contributed by atoms with van der Waals surface area (Å²) in [5.74, 6) is 1.44. The molecule has 0 saturated heterocycles. The molecule has 1 aromatic carbocycles. The van der Waals surface area contributed by atoms with E-state index in [1.54, 1.807) is 33.4 Å². The van der Waals surface area contributed by atoms with Crippen molar-refractivity contribution in [1.82, 2.24) is 0 Å². The van der Waals surface area contributed by atoms with Crippen LogP contribution in [0.4, 0.5) is 0 Å². The molecule has 1 rings (SSSR count). The van der Waals surface area contributed by atoms with E-state index in [2.05, 4.69) is 69.2 Å². The molecule has 0 bridgehead atoms. The first kappa shape index (κ1) is 22.3. The number of hydrogen-bond acceptors (Lipinski definition) is 0. The molecule has 0 saturated carbocycles. The third-order valence-electron chi connectivity index (χ3n) is 5.18. The van der Waals surface area contributed by atoms with Crippen LogP contribution in [0.15, 0.2) is 0 Å². The molecule has 1 aromatic rings. The Bertz CT molecular complexity index is 513. The maximum atomic E-state index is 2.39. The molecule has 0 atom stereocenters. The number of hydrogen-bond donors (Lipinski definition) is 0. The summed E-state index contributed by atoms with van der Waals surface area (Å²) in [6, 6.07) is 0. The van der Waals surface area contributed by atoms with Crippen LogP contribution in [0.1, 0.15) is 103 Å². The topological polar surface area (TPSA) is 0 Å². The molecule has 0 amide bonds. The third-order valence-corrected chi connectivity index (χ3v) is 5.18. The van der Waals surface area contributed by atoms with Gasteiger partial charge in [0.05, 0.1) is 0 Å². The first-order valence-electron chi connectivity index (χ1n) is 10.7. The van der Waals surface area contributed by atoms with Gasteiger partial charge < -0.3 is 0 Å². The van der Waals surface area contributed by atoms with Gasteiger partial charge in [-0.2, -0.15) is 0 Å². The minimum atomic E-state index is 0.339. The van der Waals surface area contributed by atoms with E-state index in [4.69, 9.17) is 0 Å². The normalized spacial score (nSPS) is 12.5. The predicted molar refractivity (Wildman–Crippen MR) is 115 cm³/mol. The van der Waals surface area contributed by atoms with Gasteiger partial charge in [-0.1, -0.05) is 69.2 Å². The first-order valence-corrected chi connectivity index (χ1v) is 10.7. The van der Waals surface area contributed by atoms with E-state index >= 15 is 0 Å². The van der Waals surface area contributed by atoms with Crippen LogP contribution in [0.2, 0.25) is 0 Å². The van der Waals surface area contributed by atoms with Gasteiger partial charge in [0.2, 0.25) is 0 Å². The van der Waals surface area contributed by atoms with Gasteiger partial charge in [-0.15, -0.1) is 0 Å². The molecule has 0 aliphatic carbocycles. The standard InChI is InChI=1S/C25H44/c1-11-19-22(14-17(4)5)20(12-2)24(16-25(8,9)10)21(13-3)23(19)15-18(6)7/h17-18H,11-16H2,1-10H3. The molecule has 144 valence electrons. The molecular weight excluding hydrogens is 300 g/mol. The zero-order chi connectivity index (χ0) is 19.4. The maximum Gasteiger partial charge on any atom is -0.0224 e. The molecule has 0 radical (unpaired) electrons. The van der Waals surface area contributed by atoms with E-state index in [9.17, 15) is 0 Å². The van der Waals surface area contributed by atoms with Gasteiger partial charge in [0.25, 0.3) is 0 Å². The monoisotopic (exact) mass is 344 g/mol. The van der Waals surface area contributed by atoms with E-state index in [0.29, 0.717) is 5.41 Å². The van der Waals surface area contributed by atoms with Crippen molar-refractivity contribution in [3.05, 3.63) is 33.4 Å². The molecular formula is C25H44. The zero-order valence-electron chi connectivity index (χ0n) is 18.9. The lowest BCUT2D eigenvalue weighted by Crippen LogP contribution is -2.19. The fourth-order valence-corrected chi connectivity index (χ4v) is 4.43. The van der Waals surface area contributed by atoms with E-state index in [1.165, 1.54) is 38.5 Å². The fourth-order valence-electron chi connectivity index (χ4n) is 4.43. The van der Waals surface area contributed by atoms with Crippen LogP contribution in [0.25, 0.3) is 0 Å². The molecule has 0 unspecified atom stereocenters. The summed E-state index contributed by atoms with van der Waals surface area (Å²) in [6.45, 7) is 23.8. The van der Waals surface area contributed by atoms with Gasteiger partial charge in [0.1, 0.15) is 0 Å². The van der Waals surface area contributed by atoms with Gasteiger partial charge >= 0.3 is 0 Å². The molecule has 0 N–H and O–H groups in total. The number of benzene rings is 1. The lowest BCUT2D eigenvalue weighted by molar-refractivity contribution is 0.407. The summed E-state index contributed by atoms with van der Waals surface area (Å²) < 4.78 is 0. The highest BCUT2D eigenvalue weighted by atomic mass is 14.3. The van der Waals surface area contributed by atoms with Gasteiger partial charge in [0, 0.05) is 0 Å². The SMILES string of the molecule is CCc1c(CC(C)C)c(CC)c(CC(C)(C)C)c(CC)c1CC(C)C. The largest absolute Gasteiger partial charge is 0.0625 e. The highest BCUT2D eigenvalue weighted by Crippen LogP contribution is 2.36. The molecule has 0 aliphatic rings. The minimum Gasteiger partial charge on any atom is -0.0625 e. The van der Waals surface area contributed by atoms with Crippen molar-refractivity contribution in [2.24, 2.45) is 17.3 Å². The lowest BCUT2D eigenvalue weighted by Gasteiger charge is -2.30. The Morgan fingerprint density at radius 1 is 0.560 bits per heavy atom. The predicted octanol–water partition coefficient (Wildman–Crippen LogP) is 7.36. The molecule has 0 spiro atoms. The van der Waals surface area contributed by atoms with Crippen LogP contribution in [0.5, 0.6) is 0 Å². The van der Waals surface area contributed by atoms with E-state index in [1.807, 2.05) is 0 Å². The summed E-state index contributed by atoms with van der Waals surface area (Å²) in [5.41, 5.74) is 10.5. The third kappa shape index (κ3) is 5.87. The first-order chi connectivity index (χ1) is 11.6. The Morgan fingerprint density at radius 3 is 1.12 bits per heavy atom. The van der Waals surface area contributed by atoms with Crippen molar-refractivity contribution in [2.45, 2.75) is 108 Å². The highest BCUT2D eigenvalue weighted by Gasteiger charge is 2.24. The van der Waals surface area contributed by atoms with E-state index in [-0.39, 0.29) is 0 Å². The van der Waals surface area contributed by atoms with Crippen LogP contribution >= 0.6 is 0 Å². The summed E-state index contributed by atoms with van der Waals surface area (Å²) in [7, 11) is 0. The van der Waals surface area contributed by atoms with Crippen LogP contribution in [0.3, 0.4) is 0 Å². The molecule has 0 aromatic heterocycles. The molecule has 0 aliphatic heterocycles. The maximum absolute atomic E-state index is 2.39. The van der Waals surface area contributed by atoms with Gasteiger partial charge in [0.15, 0.2) is 0 Å². The second-order valence-corrected chi connectivity index (χ2v) is 9.87. The summed E-state index contributed by atoms with van der Waals surface area (Å²) in [6.07, 6.45) is 7.21. The Balaban J connectivity index is 3.83. The minimum absolute atomic E-state index is 0.339. The lowest BCUT2D eigenvalue weighted by atomic mass is 9.75. The van der Waals surface area contributed by atoms with E-state index < -0.39 is 0 Å². The zero-order valence-corrected chi connectivity index (χ0v) is 18.9. The van der Waals surface area contributed by atoms with Crippen molar-refractivity contribution in [3.63, 3.8) is 0 Å². The van der Waals surface area contributed by atoms with Gasteiger partial charge in [-0.25, -0.2) is 0 Å². The highest BCUT2D eigenvalue weighted by molar-refractivity contribution is 5.53. The van der Waals surface area contributed by atoms with Crippen LogP contribution in [0, 0.1) is 17.3 Å². The summed E-state index contributed by atoms with van der Waals surface area (Å²) in [4.78, 5) is 0. The molecule has 0 nitrogen and oxygen atoms in total. The Kier molecular flexibility index (Phi) is 8.23. The molecule has 25 heavy (non-hydrogen) atoms. The Hall–Kier alpha value is -0.780. The number of rotatable bonds is 8. The summed E-state index contributed by atoms with van der Waals surface area (Å²) >= 11 is 0. The average molecular weight is 345 g/mol. The smallest absolute Gasteiger partial charge is 0.0224 e. The molecule has 0 heteroatoms. The fraction of sp³-hybridized carbons (Fsp3) is 0.760. The van der Waals surface area contributed by atoms with Crippen molar-refractivity contribution in [3.8, 4) is 0 Å². The van der Waals surface area contributed by atoms with Crippen molar-refractivity contribution < 1.29 is 0 Å². The van der Waals surface area contributed by atoms with Crippen LogP contribution in [-0.2, 0) is 38.5 Å². The average Bonchev–Trinajstić information content (AvgIpc) is 2.45. The molecule has 0 heterocycles. The quantitative estimate of drug-likeness (QED) is 0.462. The van der Waals surface area contributed by atoms with Crippen LogP contribution in [-0.4, -0.2) is 0 Å². The van der Waals surface area contributed by atoms with Crippen molar-refractivity contribution in [1.29, 1.82) is 0 Å². The Morgan fingerprint density at radius 2 is 0.880 bits per heavy atom. The second-order valence-electron chi connectivity index (χ2n) is 9.87. The van der Waals surface area contributed by atoms with Gasteiger partial charge in [-0.3, -0.25) is 0 Å². The van der Waals surface area contributed by atoms with Gasteiger partial charge in [-0.05, 0) is 89.2 Å². The van der Waals surface area contributed by atoms with Crippen LogP contribution < -0.4 is 0 Å².